The van der Waals surface area contributed by atoms with E-state index in [1.165, 1.54) is 37.0 Å². The van der Waals surface area contributed by atoms with Crippen LogP contribution in [0, 0.1) is 0 Å². The van der Waals surface area contributed by atoms with E-state index in [1.807, 2.05) is 18.2 Å². The molecule has 0 bridgehead atoms. The number of amides is 1. The topological polar surface area (TPSA) is 78.9 Å². The molecule has 0 radical (unpaired) electrons. The lowest BCUT2D eigenvalue weighted by Crippen LogP contribution is -2.21. The molecule has 0 saturated carbocycles. The predicted molar refractivity (Wildman–Crippen MR) is 116 cm³/mol. The van der Waals surface area contributed by atoms with Crippen LogP contribution >= 0.6 is 0 Å². The largest absolute Gasteiger partial charge is 0.419 e. The quantitative estimate of drug-likeness (QED) is 0.488. The molecule has 0 atom stereocenters. The number of hydrogen-bond donors (Lipinski definition) is 3. The molecule has 0 fully saturated rings. The van der Waals surface area contributed by atoms with Crippen molar-refractivity contribution in [3.8, 4) is 0 Å². The van der Waals surface area contributed by atoms with E-state index < -0.39 is 17.6 Å². The third-order valence-corrected chi connectivity index (χ3v) is 5.09. The van der Waals surface area contributed by atoms with E-state index in [9.17, 15) is 18.0 Å². The van der Waals surface area contributed by atoms with E-state index in [4.69, 9.17) is 0 Å². The zero-order chi connectivity index (χ0) is 22.9. The maximum absolute atomic E-state index is 13.6. The van der Waals surface area contributed by atoms with Crippen molar-refractivity contribution in [1.82, 2.24) is 15.3 Å². The molecule has 1 aliphatic rings. The highest BCUT2D eigenvalue weighted by atomic mass is 19.4. The molecule has 1 aliphatic carbocycles. The molecular weight excluding hydrogens is 419 g/mol. The van der Waals surface area contributed by atoms with Gasteiger partial charge in [-0.25, -0.2) is 9.97 Å². The number of allylic oxidation sites excluding steroid dienone is 1. The molecule has 1 amide bonds. The van der Waals surface area contributed by atoms with Gasteiger partial charge in [-0.3, -0.25) is 4.79 Å². The number of anilines is 4. The van der Waals surface area contributed by atoms with Crippen LogP contribution in [0.3, 0.4) is 0 Å². The molecule has 2 aromatic heterocycles. The van der Waals surface area contributed by atoms with E-state index in [0.717, 1.165) is 30.2 Å². The molecule has 0 saturated heterocycles. The molecule has 9 heteroatoms. The second-order valence-electron chi connectivity index (χ2n) is 7.43. The van der Waals surface area contributed by atoms with Gasteiger partial charge in [0.05, 0.1) is 16.9 Å². The minimum atomic E-state index is -4.64. The predicted octanol–water partition coefficient (Wildman–Crippen LogP) is 5.00. The SMILES string of the molecule is C=C1Cc2ccc(Nc3cc(Nc4cccnc4C(=O)NC)c(C(F)(F)F)cn3)cc2C1. The van der Waals surface area contributed by atoms with Crippen LogP contribution in [0.2, 0.25) is 0 Å². The number of aromatic nitrogens is 2. The molecule has 2 heterocycles. The van der Waals surface area contributed by atoms with Crippen LogP contribution in [-0.4, -0.2) is 22.9 Å². The number of carbonyl (C=O) groups excluding carboxylic acids is 1. The van der Waals surface area contributed by atoms with Gasteiger partial charge < -0.3 is 16.0 Å². The molecular formula is C23H20F3N5O. The number of hydrogen-bond acceptors (Lipinski definition) is 5. The fourth-order valence-electron chi connectivity index (χ4n) is 3.59. The highest BCUT2D eigenvalue weighted by molar-refractivity contribution is 5.98. The van der Waals surface area contributed by atoms with Crippen LogP contribution in [0.5, 0.6) is 0 Å². The number of halogens is 3. The fraction of sp³-hybridized carbons (Fsp3) is 0.174. The Morgan fingerprint density at radius 3 is 2.56 bits per heavy atom. The Hall–Kier alpha value is -3.88. The summed E-state index contributed by atoms with van der Waals surface area (Å²) in [5.41, 5.74) is 3.09. The van der Waals surface area contributed by atoms with Gasteiger partial charge in [0.25, 0.3) is 5.91 Å². The number of pyridine rings is 2. The maximum atomic E-state index is 13.6. The van der Waals surface area contributed by atoms with Crippen LogP contribution in [0.15, 0.2) is 60.9 Å². The lowest BCUT2D eigenvalue weighted by molar-refractivity contribution is -0.137. The number of benzene rings is 1. The lowest BCUT2D eigenvalue weighted by atomic mass is 10.1. The van der Waals surface area contributed by atoms with E-state index in [-0.39, 0.29) is 22.9 Å². The Morgan fingerprint density at radius 2 is 1.81 bits per heavy atom. The van der Waals surface area contributed by atoms with Crippen molar-refractivity contribution in [3.05, 3.63) is 83.3 Å². The third kappa shape index (κ3) is 4.41. The van der Waals surface area contributed by atoms with Crippen LogP contribution in [0.25, 0.3) is 0 Å². The second kappa shape index (κ2) is 8.33. The third-order valence-electron chi connectivity index (χ3n) is 5.09. The average Bonchev–Trinajstić information content (AvgIpc) is 3.12. The average molecular weight is 439 g/mol. The van der Waals surface area contributed by atoms with E-state index in [1.54, 1.807) is 0 Å². The minimum Gasteiger partial charge on any atom is -0.354 e. The van der Waals surface area contributed by atoms with Gasteiger partial charge in [-0.2, -0.15) is 13.2 Å². The second-order valence-corrected chi connectivity index (χ2v) is 7.43. The summed E-state index contributed by atoms with van der Waals surface area (Å²) in [6, 6.07) is 10.1. The first kappa shape index (κ1) is 21.4. The van der Waals surface area contributed by atoms with Crippen molar-refractivity contribution >= 4 is 28.8 Å². The van der Waals surface area contributed by atoms with Crippen LogP contribution in [0.4, 0.5) is 36.1 Å². The number of carbonyl (C=O) groups is 1. The first-order valence-corrected chi connectivity index (χ1v) is 9.81. The first-order chi connectivity index (χ1) is 15.2. The summed E-state index contributed by atoms with van der Waals surface area (Å²) < 4.78 is 40.9. The summed E-state index contributed by atoms with van der Waals surface area (Å²) in [5.74, 6) is -0.295. The number of rotatable bonds is 5. The summed E-state index contributed by atoms with van der Waals surface area (Å²) in [6.45, 7) is 4.01. The summed E-state index contributed by atoms with van der Waals surface area (Å²) in [5, 5.41) is 8.19. The van der Waals surface area contributed by atoms with Gasteiger partial charge in [-0.1, -0.05) is 18.2 Å². The zero-order valence-electron chi connectivity index (χ0n) is 17.2. The van der Waals surface area contributed by atoms with E-state index >= 15 is 0 Å². The number of fused-ring (bicyclic) bond motifs is 1. The van der Waals surface area contributed by atoms with Crippen LogP contribution in [-0.2, 0) is 19.0 Å². The van der Waals surface area contributed by atoms with Crippen LogP contribution < -0.4 is 16.0 Å². The Morgan fingerprint density at radius 1 is 1.03 bits per heavy atom. The molecule has 164 valence electrons. The van der Waals surface area contributed by atoms with E-state index in [0.29, 0.717) is 5.69 Å². The summed E-state index contributed by atoms with van der Waals surface area (Å²) in [7, 11) is 1.42. The van der Waals surface area contributed by atoms with Gasteiger partial charge in [0.1, 0.15) is 5.82 Å². The minimum absolute atomic E-state index is 0.0201. The lowest BCUT2D eigenvalue weighted by Gasteiger charge is -2.17. The molecule has 32 heavy (non-hydrogen) atoms. The Bertz CT molecular complexity index is 1210. The summed E-state index contributed by atoms with van der Waals surface area (Å²) in [4.78, 5) is 20.0. The zero-order valence-corrected chi connectivity index (χ0v) is 17.2. The van der Waals surface area contributed by atoms with Crippen molar-refractivity contribution in [2.24, 2.45) is 0 Å². The van der Waals surface area contributed by atoms with Crippen molar-refractivity contribution in [3.63, 3.8) is 0 Å². The standard InChI is InChI=1S/C23H20F3N5O/c1-13-8-14-5-6-16(10-15(14)9-13)30-20-11-19(17(12-29-20)23(24,25)26)31-18-4-3-7-28-21(18)22(32)27-2/h3-7,10-12H,1,8-9H2,2H3,(H,27,32)(H2,29,30,31). The van der Waals surface area contributed by atoms with Crippen LogP contribution in [0.1, 0.15) is 27.2 Å². The highest BCUT2D eigenvalue weighted by Gasteiger charge is 2.34. The maximum Gasteiger partial charge on any atom is 0.419 e. The van der Waals surface area contributed by atoms with Crippen molar-refractivity contribution in [2.45, 2.75) is 19.0 Å². The molecule has 0 unspecified atom stereocenters. The van der Waals surface area contributed by atoms with Gasteiger partial charge in [0.15, 0.2) is 5.69 Å². The Kier molecular flexibility index (Phi) is 5.56. The smallest absolute Gasteiger partial charge is 0.354 e. The normalized spacial score (nSPS) is 12.9. The summed E-state index contributed by atoms with van der Waals surface area (Å²) in [6.07, 6.45) is -0.877. The Labute approximate surface area is 182 Å². The van der Waals surface area contributed by atoms with Crippen molar-refractivity contribution < 1.29 is 18.0 Å². The molecule has 3 aromatic rings. The van der Waals surface area contributed by atoms with Gasteiger partial charge in [-0.15, -0.1) is 0 Å². The monoisotopic (exact) mass is 439 g/mol. The number of nitrogens with one attached hydrogen (secondary N) is 3. The molecule has 1 aromatic carbocycles. The molecule has 4 rings (SSSR count). The fourth-order valence-corrected chi connectivity index (χ4v) is 3.59. The van der Waals surface area contributed by atoms with Gasteiger partial charge in [0, 0.05) is 31.2 Å². The Balaban J connectivity index is 1.68. The number of alkyl halides is 3. The summed E-state index contributed by atoms with van der Waals surface area (Å²) >= 11 is 0. The van der Waals surface area contributed by atoms with Gasteiger partial charge in [-0.05, 0) is 48.2 Å². The van der Waals surface area contributed by atoms with E-state index in [2.05, 4.69) is 32.5 Å². The van der Waals surface area contributed by atoms with Crippen molar-refractivity contribution in [1.29, 1.82) is 0 Å². The molecule has 6 nitrogen and oxygen atoms in total. The molecule has 0 aliphatic heterocycles. The highest BCUT2D eigenvalue weighted by Crippen LogP contribution is 2.37. The van der Waals surface area contributed by atoms with Gasteiger partial charge >= 0.3 is 6.18 Å². The van der Waals surface area contributed by atoms with Gasteiger partial charge in [0.2, 0.25) is 0 Å². The first-order valence-electron chi connectivity index (χ1n) is 9.81. The molecule has 0 spiro atoms. The number of nitrogens with zero attached hydrogens (tertiary/aromatic N) is 2. The van der Waals surface area contributed by atoms with Crippen molar-refractivity contribution in [2.75, 3.05) is 17.7 Å². The molecule has 3 N–H and O–H groups in total.